The van der Waals surface area contributed by atoms with Crippen LogP contribution >= 0.6 is 0 Å². The lowest BCUT2D eigenvalue weighted by Gasteiger charge is -2.19. The van der Waals surface area contributed by atoms with E-state index in [1.54, 1.807) is 19.4 Å². The van der Waals surface area contributed by atoms with Gasteiger partial charge in [-0.05, 0) is 63.6 Å². The zero-order chi connectivity index (χ0) is 22.4. The second-order valence-corrected chi connectivity index (χ2v) is 7.95. The van der Waals surface area contributed by atoms with Crippen LogP contribution in [0.2, 0.25) is 0 Å². The Kier molecular flexibility index (Phi) is 6.79. The van der Waals surface area contributed by atoms with Crippen LogP contribution in [0.3, 0.4) is 0 Å². The fourth-order valence-corrected chi connectivity index (χ4v) is 2.94. The highest BCUT2D eigenvalue weighted by molar-refractivity contribution is 5.67. The minimum Gasteiger partial charge on any atom is -0.492 e. The fraction of sp³-hybridized carbons (Fsp3) is 0.348. The molecule has 0 aliphatic heterocycles. The van der Waals surface area contributed by atoms with Crippen molar-refractivity contribution in [3.8, 4) is 28.6 Å². The summed E-state index contributed by atoms with van der Waals surface area (Å²) in [7, 11) is 1.59. The third-order valence-electron chi connectivity index (χ3n) is 4.29. The molecule has 0 saturated heterocycles. The first-order valence-electron chi connectivity index (χ1n) is 10.0. The average molecular weight is 425 g/mol. The molecule has 1 aromatic carbocycles. The van der Waals surface area contributed by atoms with Crippen molar-refractivity contribution < 1.29 is 19.0 Å². The van der Waals surface area contributed by atoms with Gasteiger partial charge in [0.05, 0.1) is 37.4 Å². The van der Waals surface area contributed by atoms with Crippen molar-refractivity contribution in [2.45, 2.75) is 33.3 Å². The highest BCUT2D eigenvalue weighted by atomic mass is 16.6. The molecule has 0 spiro atoms. The molecule has 1 N–H and O–H groups in total. The molecule has 2 heterocycles. The topological polar surface area (TPSA) is 87.5 Å². The Morgan fingerprint density at radius 1 is 1.10 bits per heavy atom. The van der Waals surface area contributed by atoms with E-state index in [0.717, 1.165) is 22.5 Å². The number of benzene rings is 1. The quantitative estimate of drug-likeness (QED) is 0.573. The SMILES string of the molecule is COc1ccc(-n2ncc(C)c2-c2ccc(OCCNC(=O)OC(C)(C)C)cc2)cn1. The van der Waals surface area contributed by atoms with E-state index in [9.17, 15) is 4.79 Å². The Morgan fingerprint density at radius 3 is 2.45 bits per heavy atom. The molecular formula is C23H28N4O4. The van der Waals surface area contributed by atoms with E-state index >= 15 is 0 Å². The van der Waals surface area contributed by atoms with E-state index in [4.69, 9.17) is 14.2 Å². The number of alkyl carbamates (subject to hydrolysis) is 1. The van der Waals surface area contributed by atoms with Crippen molar-refractivity contribution in [1.82, 2.24) is 20.1 Å². The smallest absolute Gasteiger partial charge is 0.407 e. The van der Waals surface area contributed by atoms with Crippen molar-refractivity contribution in [3.05, 3.63) is 54.4 Å². The third kappa shape index (κ3) is 5.97. The minimum atomic E-state index is -0.521. The van der Waals surface area contributed by atoms with E-state index in [1.165, 1.54) is 0 Å². The van der Waals surface area contributed by atoms with Crippen molar-refractivity contribution in [3.63, 3.8) is 0 Å². The number of amides is 1. The molecular weight excluding hydrogens is 396 g/mol. The van der Waals surface area contributed by atoms with Crippen LogP contribution in [0.25, 0.3) is 16.9 Å². The number of pyridine rings is 1. The summed E-state index contributed by atoms with van der Waals surface area (Å²) in [5.41, 5.74) is 3.35. The van der Waals surface area contributed by atoms with E-state index in [1.807, 2.05) is 68.9 Å². The number of methoxy groups -OCH3 is 1. The lowest BCUT2D eigenvalue weighted by Crippen LogP contribution is -2.34. The number of rotatable bonds is 7. The molecule has 1 amide bonds. The monoisotopic (exact) mass is 424 g/mol. The lowest BCUT2D eigenvalue weighted by molar-refractivity contribution is 0.0520. The highest BCUT2D eigenvalue weighted by Crippen LogP contribution is 2.28. The summed E-state index contributed by atoms with van der Waals surface area (Å²) in [5, 5.41) is 7.17. The largest absolute Gasteiger partial charge is 0.492 e. The molecule has 0 aliphatic carbocycles. The van der Waals surface area contributed by atoms with Gasteiger partial charge in [-0.1, -0.05) is 0 Å². The Balaban J connectivity index is 1.63. The summed E-state index contributed by atoms with van der Waals surface area (Å²) in [5.74, 6) is 1.27. The van der Waals surface area contributed by atoms with Crippen LogP contribution in [0.5, 0.6) is 11.6 Å². The molecule has 164 valence electrons. The first-order valence-corrected chi connectivity index (χ1v) is 10.0. The average Bonchev–Trinajstić information content (AvgIpc) is 3.12. The summed E-state index contributed by atoms with van der Waals surface area (Å²) < 4.78 is 17.9. The second kappa shape index (κ2) is 9.51. The van der Waals surface area contributed by atoms with E-state index in [2.05, 4.69) is 15.4 Å². The zero-order valence-corrected chi connectivity index (χ0v) is 18.5. The number of carbonyl (C=O) groups is 1. The van der Waals surface area contributed by atoms with Gasteiger partial charge >= 0.3 is 6.09 Å². The number of nitrogens with zero attached hydrogens (tertiary/aromatic N) is 3. The molecule has 8 heteroatoms. The normalized spacial score (nSPS) is 11.1. The molecule has 0 atom stereocenters. The first kappa shape index (κ1) is 22.1. The fourth-order valence-electron chi connectivity index (χ4n) is 2.94. The molecule has 3 aromatic rings. The van der Waals surface area contributed by atoms with Gasteiger partial charge in [0.25, 0.3) is 0 Å². The summed E-state index contributed by atoms with van der Waals surface area (Å²) in [4.78, 5) is 15.9. The van der Waals surface area contributed by atoms with Crippen LogP contribution in [-0.4, -0.2) is 46.7 Å². The number of nitrogens with one attached hydrogen (secondary N) is 1. The highest BCUT2D eigenvalue weighted by Gasteiger charge is 2.15. The Bertz CT molecular complexity index is 1010. The summed E-state index contributed by atoms with van der Waals surface area (Å²) in [6, 6.07) is 11.5. The van der Waals surface area contributed by atoms with Crippen LogP contribution in [0.1, 0.15) is 26.3 Å². The molecule has 3 rings (SSSR count). The number of hydrogen-bond donors (Lipinski definition) is 1. The molecule has 0 fully saturated rings. The predicted molar refractivity (Wildman–Crippen MR) is 118 cm³/mol. The summed E-state index contributed by atoms with van der Waals surface area (Å²) in [6.45, 7) is 8.18. The van der Waals surface area contributed by atoms with Gasteiger partial charge in [-0.3, -0.25) is 0 Å². The summed E-state index contributed by atoms with van der Waals surface area (Å²) >= 11 is 0. The molecule has 31 heavy (non-hydrogen) atoms. The number of carbonyl (C=O) groups excluding carboxylic acids is 1. The molecule has 2 aromatic heterocycles. The van der Waals surface area contributed by atoms with E-state index in [-0.39, 0.29) is 0 Å². The van der Waals surface area contributed by atoms with Gasteiger partial charge in [-0.15, -0.1) is 0 Å². The molecule has 0 radical (unpaired) electrons. The Hall–Kier alpha value is -3.55. The molecule has 8 nitrogen and oxygen atoms in total. The number of aryl methyl sites for hydroxylation is 1. The van der Waals surface area contributed by atoms with Gasteiger partial charge in [0, 0.05) is 11.6 Å². The Labute approximate surface area is 182 Å². The zero-order valence-electron chi connectivity index (χ0n) is 18.5. The number of aromatic nitrogens is 3. The van der Waals surface area contributed by atoms with Crippen molar-refractivity contribution in [2.24, 2.45) is 0 Å². The van der Waals surface area contributed by atoms with Gasteiger partial charge in [-0.2, -0.15) is 5.10 Å². The lowest BCUT2D eigenvalue weighted by atomic mass is 10.1. The van der Waals surface area contributed by atoms with Crippen LogP contribution < -0.4 is 14.8 Å². The molecule has 0 unspecified atom stereocenters. The predicted octanol–water partition coefficient (Wildman–Crippen LogP) is 4.15. The minimum absolute atomic E-state index is 0.340. The maximum absolute atomic E-state index is 11.7. The van der Waals surface area contributed by atoms with Crippen LogP contribution in [0.15, 0.2) is 48.8 Å². The van der Waals surface area contributed by atoms with Gasteiger partial charge in [0.2, 0.25) is 5.88 Å². The molecule has 0 bridgehead atoms. The van der Waals surface area contributed by atoms with Gasteiger partial charge in [-0.25, -0.2) is 14.5 Å². The van der Waals surface area contributed by atoms with E-state index in [0.29, 0.717) is 24.8 Å². The van der Waals surface area contributed by atoms with Gasteiger partial charge in [0.15, 0.2) is 0 Å². The van der Waals surface area contributed by atoms with Gasteiger partial charge < -0.3 is 19.5 Å². The maximum atomic E-state index is 11.7. The summed E-state index contributed by atoms with van der Waals surface area (Å²) in [6.07, 6.45) is 3.10. The molecule has 0 aliphatic rings. The molecule has 0 saturated carbocycles. The van der Waals surface area contributed by atoms with Crippen molar-refractivity contribution in [1.29, 1.82) is 0 Å². The van der Waals surface area contributed by atoms with Crippen LogP contribution in [-0.2, 0) is 4.74 Å². The van der Waals surface area contributed by atoms with Crippen LogP contribution in [0.4, 0.5) is 4.79 Å². The van der Waals surface area contributed by atoms with Crippen LogP contribution in [0, 0.1) is 6.92 Å². The number of hydrogen-bond acceptors (Lipinski definition) is 6. The Morgan fingerprint density at radius 2 is 1.84 bits per heavy atom. The third-order valence-corrected chi connectivity index (χ3v) is 4.29. The number of ether oxygens (including phenoxy) is 3. The van der Waals surface area contributed by atoms with Crippen molar-refractivity contribution in [2.75, 3.05) is 20.3 Å². The van der Waals surface area contributed by atoms with Crippen molar-refractivity contribution >= 4 is 6.09 Å². The maximum Gasteiger partial charge on any atom is 0.407 e. The first-order chi connectivity index (χ1) is 14.8. The van der Waals surface area contributed by atoms with E-state index < -0.39 is 11.7 Å². The van der Waals surface area contributed by atoms with Gasteiger partial charge in [0.1, 0.15) is 18.0 Å². The second-order valence-electron chi connectivity index (χ2n) is 7.95. The standard InChI is InChI=1S/C23H28N4O4/c1-16-14-26-27(18-8-11-20(29-5)25-15-18)21(16)17-6-9-19(10-7-17)30-13-12-24-22(28)31-23(2,3)4/h6-11,14-15H,12-13H2,1-5H3,(H,24,28).